The highest BCUT2D eigenvalue weighted by Crippen LogP contribution is 2.35. The number of nitrogens with zero attached hydrogens (tertiary/aromatic N) is 5. The van der Waals surface area contributed by atoms with Gasteiger partial charge in [0.05, 0.1) is 18.4 Å². The quantitative estimate of drug-likeness (QED) is 0.811. The standard InChI is InChI=1S/C19H21F3N6O2/c1-10-16-17(27(2)9-15(29)28(16)3)26-18(24-10)25-11-6-13(7-11)30-12-4-5-14(23-8-12)19(20,21)22/h4-5,8,11,13H,6-7,9H2,1-3H3,(H,24,25,26). The van der Waals surface area contributed by atoms with Gasteiger partial charge in [-0.15, -0.1) is 0 Å². The number of hydrogen-bond donors (Lipinski definition) is 1. The number of aromatic nitrogens is 3. The third-order valence-corrected chi connectivity index (χ3v) is 5.24. The number of anilines is 3. The van der Waals surface area contributed by atoms with Crippen LogP contribution in [0.2, 0.25) is 0 Å². The van der Waals surface area contributed by atoms with Gasteiger partial charge in [-0.25, -0.2) is 9.97 Å². The maximum Gasteiger partial charge on any atom is 0.433 e. The smallest absolute Gasteiger partial charge is 0.433 e. The Hall–Kier alpha value is -3.11. The summed E-state index contributed by atoms with van der Waals surface area (Å²) >= 11 is 0. The third-order valence-electron chi connectivity index (χ3n) is 5.24. The zero-order chi connectivity index (χ0) is 21.6. The second kappa shape index (κ2) is 7.29. The maximum absolute atomic E-state index is 12.6. The first-order chi connectivity index (χ1) is 14.1. The van der Waals surface area contributed by atoms with Crippen LogP contribution in [0.5, 0.6) is 5.75 Å². The predicted octanol–water partition coefficient (Wildman–Crippen LogP) is 2.63. The molecule has 30 heavy (non-hydrogen) atoms. The first-order valence-corrected chi connectivity index (χ1v) is 9.44. The molecule has 0 aromatic carbocycles. The molecular formula is C19H21F3N6O2. The molecule has 2 aliphatic rings. The Morgan fingerprint density at radius 3 is 2.57 bits per heavy atom. The van der Waals surface area contributed by atoms with Gasteiger partial charge in [0.25, 0.3) is 0 Å². The SMILES string of the molecule is Cc1nc(NC2CC(Oc3ccc(C(F)(F)F)nc3)C2)nc2c1N(C)C(=O)CN2C. The lowest BCUT2D eigenvalue weighted by atomic mass is 9.89. The van der Waals surface area contributed by atoms with Crippen LogP contribution < -0.4 is 19.9 Å². The summed E-state index contributed by atoms with van der Waals surface area (Å²) in [5.41, 5.74) is 0.456. The molecule has 160 valence electrons. The summed E-state index contributed by atoms with van der Waals surface area (Å²) in [5, 5.41) is 3.26. The average Bonchev–Trinajstić information content (AvgIpc) is 2.64. The molecule has 0 atom stereocenters. The molecule has 3 heterocycles. The van der Waals surface area contributed by atoms with Crippen LogP contribution in [0.3, 0.4) is 0 Å². The number of hydrogen-bond acceptors (Lipinski definition) is 7. The lowest BCUT2D eigenvalue weighted by Crippen LogP contribution is -2.44. The summed E-state index contributed by atoms with van der Waals surface area (Å²) in [5.74, 6) is 1.45. The minimum atomic E-state index is -4.47. The van der Waals surface area contributed by atoms with Gasteiger partial charge in [0.2, 0.25) is 11.9 Å². The largest absolute Gasteiger partial charge is 0.489 e. The average molecular weight is 422 g/mol. The molecule has 8 nitrogen and oxygen atoms in total. The van der Waals surface area contributed by atoms with Crippen molar-refractivity contribution in [3.63, 3.8) is 0 Å². The molecule has 0 unspecified atom stereocenters. The van der Waals surface area contributed by atoms with Crippen molar-refractivity contribution in [2.75, 3.05) is 35.8 Å². The summed E-state index contributed by atoms with van der Waals surface area (Å²) in [6, 6.07) is 2.27. The molecule has 1 saturated carbocycles. The molecular weight excluding hydrogens is 401 g/mol. The maximum atomic E-state index is 12.6. The molecule has 1 amide bonds. The van der Waals surface area contributed by atoms with E-state index in [0.29, 0.717) is 41.7 Å². The number of carbonyl (C=O) groups is 1. The molecule has 11 heteroatoms. The summed E-state index contributed by atoms with van der Waals surface area (Å²) in [7, 11) is 3.52. The Bertz CT molecular complexity index is 960. The van der Waals surface area contributed by atoms with E-state index in [0.717, 1.165) is 12.3 Å². The molecule has 2 aromatic heterocycles. The Labute approximate surface area is 171 Å². The van der Waals surface area contributed by atoms with E-state index in [4.69, 9.17) is 4.74 Å². The molecule has 1 aliphatic carbocycles. The number of fused-ring (bicyclic) bond motifs is 1. The number of likely N-dealkylation sites (N-methyl/N-ethyl adjacent to an activating group) is 2. The molecule has 4 rings (SSSR count). The minimum Gasteiger partial charge on any atom is -0.489 e. The first kappa shape index (κ1) is 20.2. The van der Waals surface area contributed by atoms with Crippen LogP contribution in [-0.4, -0.2) is 53.6 Å². The van der Waals surface area contributed by atoms with Crippen molar-refractivity contribution in [1.82, 2.24) is 15.0 Å². The van der Waals surface area contributed by atoms with Gasteiger partial charge in [0.15, 0.2) is 5.82 Å². The Morgan fingerprint density at radius 1 is 1.20 bits per heavy atom. The van der Waals surface area contributed by atoms with Crippen molar-refractivity contribution in [3.8, 4) is 5.75 Å². The zero-order valence-corrected chi connectivity index (χ0v) is 16.7. The van der Waals surface area contributed by atoms with Crippen molar-refractivity contribution >= 4 is 23.4 Å². The number of carbonyl (C=O) groups excluding carboxylic acids is 1. The summed E-state index contributed by atoms with van der Waals surface area (Å²) < 4.78 is 43.4. The Kier molecular flexibility index (Phi) is 4.91. The monoisotopic (exact) mass is 422 g/mol. The van der Waals surface area contributed by atoms with Gasteiger partial charge in [-0.2, -0.15) is 18.2 Å². The van der Waals surface area contributed by atoms with Crippen LogP contribution in [0, 0.1) is 6.92 Å². The van der Waals surface area contributed by atoms with Crippen LogP contribution in [0.25, 0.3) is 0 Å². The highest BCUT2D eigenvalue weighted by atomic mass is 19.4. The summed E-state index contributed by atoms with van der Waals surface area (Å²) in [4.78, 5) is 27.8. The van der Waals surface area contributed by atoms with Crippen LogP contribution in [0.1, 0.15) is 24.2 Å². The number of ether oxygens (including phenoxy) is 1. The number of amides is 1. The van der Waals surface area contributed by atoms with Crippen LogP contribution in [-0.2, 0) is 11.0 Å². The van der Waals surface area contributed by atoms with E-state index in [2.05, 4.69) is 20.3 Å². The highest BCUT2D eigenvalue weighted by molar-refractivity contribution is 6.02. The van der Waals surface area contributed by atoms with Crippen molar-refractivity contribution in [3.05, 3.63) is 29.7 Å². The summed E-state index contributed by atoms with van der Waals surface area (Å²) in [6.45, 7) is 2.08. The van der Waals surface area contributed by atoms with E-state index in [9.17, 15) is 18.0 Å². The fraction of sp³-hybridized carbons (Fsp3) is 0.474. The summed E-state index contributed by atoms with van der Waals surface area (Å²) in [6.07, 6.45) is -2.17. The number of halogens is 3. The van der Waals surface area contributed by atoms with Crippen molar-refractivity contribution in [1.29, 1.82) is 0 Å². The van der Waals surface area contributed by atoms with E-state index in [1.807, 2.05) is 14.0 Å². The molecule has 0 spiro atoms. The fourth-order valence-corrected chi connectivity index (χ4v) is 3.56. The van der Waals surface area contributed by atoms with Crippen molar-refractivity contribution < 1.29 is 22.7 Å². The first-order valence-electron chi connectivity index (χ1n) is 9.44. The fourth-order valence-electron chi connectivity index (χ4n) is 3.56. The second-order valence-electron chi connectivity index (χ2n) is 7.54. The third kappa shape index (κ3) is 3.83. The predicted molar refractivity (Wildman–Crippen MR) is 104 cm³/mol. The topological polar surface area (TPSA) is 83.5 Å². The minimum absolute atomic E-state index is 0.0193. The lowest BCUT2D eigenvalue weighted by Gasteiger charge is -2.37. The van der Waals surface area contributed by atoms with Crippen molar-refractivity contribution in [2.45, 2.75) is 38.1 Å². The number of pyridine rings is 1. The number of rotatable bonds is 4. The van der Waals surface area contributed by atoms with Gasteiger partial charge >= 0.3 is 6.18 Å². The molecule has 0 radical (unpaired) electrons. The van der Waals surface area contributed by atoms with E-state index >= 15 is 0 Å². The van der Waals surface area contributed by atoms with Gasteiger partial charge in [0.1, 0.15) is 23.2 Å². The number of nitrogens with one attached hydrogen (secondary N) is 1. The van der Waals surface area contributed by atoms with Gasteiger partial charge in [-0.3, -0.25) is 4.79 Å². The van der Waals surface area contributed by atoms with Gasteiger partial charge in [-0.1, -0.05) is 0 Å². The highest BCUT2D eigenvalue weighted by Gasteiger charge is 2.35. The van der Waals surface area contributed by atoms with Gasteiger partial charge < -0.3 is 19.9 Å². The second-order valence-corrected chi connectivity index (χ2v) is 7.54. The van der Waals surface area contributed by atoms with Gasteiger partial charge in [0, 0.05) is 33.0 Å². The molecule has 0 saturated heterocycles. The van der Waals surface area contributed by atoms with Crippen LogP contribution in [0.4, 0.5) is 30.6 Å². The van der Waals surface area contributed by atoms with E-state index < -0.39 is 11.9 Å². The molecule has 1 aliphatic heterocycles. The molecule has 1 N–H and O–H groups in total. The van der Waals surface area contributed by atoms with E-state index in [-0.39, 0.29) is 24.6 Å². The zero-order valence-electron chi connectivity index (χ0n) is 16.7. The van der Waals surface area contributed by atoms with Crippen LogP contribution >= 0.6 is 0 Å². The lowest BCUT2D eigenvalue weighted by molar-refractivity contribution is -0.141. The molecule has 1 fully saturated rings. The Morgan fingerprint density at radius 2 is 1.93 bits per heavy atom. The molecule has 2 aromatic rings. The van der Waals surface area contributed by atoms with Crippen molar-refractivity contribution in [2.24, 2.45) is 0 Å². The van der Waals surface area contributed by atoms with E-state index in [1.165, 1.54) is 6.07 Å². The number of alkyl halides is 3. The van der Waals surface area contributed by atoms with Crippen LogP contribution in [0.15, 0.2) is 18.3 Å². The van der Waals surface area contributed by atoms with E-state index in [1.54, 1.807) is 16.8 Å². The van der Waals surface area contributed by atoms with Gasteiger partial charge in [-0.05, 0) is 19.1 Å². The molecule has 0 bridgehead atoms. The Balaban J connectivity index is 1.36. The number of aryl methyl sites for hydroxylation is 1. The normalized spacial score (nSPS) is 21.2.